The zero-order valence-corrected chi connectivity index (χ0v) is 13.9. The van der Waals surface area contributed by atoms with Gasteiger partial charge in [-0.15, -0.1) is 0 Å². The van der Waals surface area contributed by atoms with Gasteiger partial charge in [0.2, 0.25) is 0 Å². The van der Waals surface area contributed by atoms with E-state index in [4.69, 9.17) is 0 Å². The van der Waals surface area contributed by atoms with Crippen molar-refractivity contribution in [3.8, 4) is 0 Å². The van der Waals surface area contributed by atoms with Crippen molar-refractivity contribution in [1.82, 2.24) is 14.5 Å². The number of aromatic nitrogens is 2. The minimum atomic E-state index is 0.489. The lowest BCUT2D eigenvalue weighted by Gasteiger charge is -2.31. The van der Waals surface area contributed by atoms with Crippen LogP contribution in [0.2, 0.25) is 0 Å². The van der Waals surface area contributed by atoms with Gasteiger partial charge >= 0.3 is 0 Å². The number of hydrogen-bond acceptors (Lipinski definition) is 2. The van der Waals surface area contributed by atoms with E-state index in [0.29, 0.717) is 6.04 Å². The summed E-state index contributed by atoms with van der Waals surface area (Å²) in [6.45, 7) is 4.49. The molecular weight excluding hydrogens is 282 g/mol. The molecule has 1 aliphatic rings. The highest BCUT2D eigenvalue weighted by Crippen LogP contribution is 2.36. The molecule has 0 N–H and O–H groups in total. The number of rotatable bonds is 3. The first-order valence-electron chi connectivity index (χ1n) is 8.45. The number of aryl methyl sites for hydroxylation is 2. The van der Waals surface area contributed by atoms with E-state index in [1.807, 2.05) is 18.5 Å². The SMILES string of the molecule is CC1c2c(n(CCc3cccnc3)c3ccccc23)CCN1C. The molecule has 0 saturated heterocycles. The first kappa shape index (κ1) is 14.5. The van der Waals surface area contributed by atoms with Gasteiger partial charge in [-0.25, -0.2) is 0 Å². The van der Waals surface area contributed by atoms with Crippen molar-refractivity contribution in [2.45, 2.75) is 32.4 Å². The van der Waals surface area contributed by atoms with Crippen molar-refractivity contribution >= 4 is 10.9 Å². The number of benzene rings is 1. The second-order valence-corrected chi connectivity index (χ2v) is 6.55. The average Bonchev–Trinajstić information content (AvgIpc) is 2.91. The lowest BCUT2D eigenvalue weighted by Crippen LogP contribution is -2.31. The molecule has 0 fully saturated rings. The van der Waals surface area contributed by atoms with E-state index in [1.165, 1.54) is 27.7 Å². The van der Waals surface area contributed by atoms with Gasteiger partial charge in [-0.2, -0.15) is 0 Å². The van der Waals surface area contributed by atoms with E-state index in [0.717, 1.165) is 25.9 Å². The van der Waals surface area contributed by atoms with E-state index < -0.39 is 0 Å². The molecule has 0 amide bonds. The molecule has 1 atom stereocenters. The summed E-state index contributed by atoms with van der Waals surface area (Å²) in [4.78, 5) is 6.70. The Kier molecular flexibility index (Phi) is 3.66. The number of nitrogens with zero attached hydrogens (tertiary/aromatic N) is 3. The molecule has 1 aromatic carbocycles. The van der Waals surface area contributed by atoms with Crippen molar-refractivity contribution in [1.29, 1.82) is 0 Å². The zero-order chi connectivity index (χ0) is 15.8. The average molecular weight is 305 g/mol. The summed E-state index contributed by atoms with van der Waals surface area (Å²) in [6.07, 6.45) is 5.99. The molecule has 23 heavy (non-hydrogen) atoms. The molecule has 3 aromatic rings. The molecule has 0 bridgehead atoms. The molecule has 0 aliphatic carbocycles. The minimum Gasteiger partial charge on any atom is -0.344 e. The lowest BCUT2D eigenvalue weighted by molar-refractivity contribution is 0.245. The molecule has 0 saturated carbocycles. The summed E-state index contributed by atoms with van der Waals surface area (Å²) in [6, 6.07) is 13.5. The standard InChI is InChI=1S/C20H23N3/c1-15-20-17-7-3-4-8-18(17)23(19(20)10-12-22(15)2)13-9-16-6-5-11-21-14-16/h3-8,11,14-15H,9-10,12-13H2,1-2H3. The van der Waals surface area contributed by atoms with Crippen LogP contribution in [0.25, 0.3) is 10.9 Å². The van der Waals surface area contributed by atoms with Gasteiger partial charge in [0.05, 0.1) is 0 Å². The predicted octanol–water partition coefficient (Wildman–Crippen LogP) is 3.83. The first-order chi connectivity index (χ1) is 11.3. The van der Waals surface area contributed by atoms with Crippen LogP contribution in [0, 0.1) is 0 Å². The third kappa shape index (κ3) is 2.45. The van der Waals surface area contributed by atoms with Crippen molar-refractivity contribution < 1.29 is 0 Å². The van der Waals surface area contributed by atoms with Crippen LogP contribution in [0.5, 0.6) is 0 Å². The van der Waals surface area contributed by atoms with Gasteiger partial charge in [-0.1, -0.05) is 24.3 Å². The van der Waals surface area contributed by atoms with Crippen LogP contribution in [-0.4, -0.2) is 28.0 Å². The van der Waals surface area contributed by atoms with Crippen molar-refractivity contribution in [3.63, 3.8) is 0 Å². The molecule has 118 valence electrons. The van der Waals surface area contributed by atoms with E-state index >= 15 is 0 Å². The van der Waals surface area contributed by atoms with Crippen LogP contribution in [0.1, 0.15) is 29.8 Å². The highest BCUT2D eigenvalue weighted by atomic mass is 15.1. The number of para-hydroxylation sites is 1. The van der Waals surface area contributed by atoms with Crippen molar-refractivity contribution in [2.24, 2.45) is 0 Å². The van der Waals surface area contributed by atoms with Gasteiger partial charge in [-0.05, 0) is 43.7 Å². The highest BCUT2D eigenvalue weighted by Gasteiger charge is 2.27. The van der Waals surface area contributed by atoms with E-state index in [2.05, 4.69) is 58.8 Å². The fourth-order valence-corrected chi connectivity index (χ4v) is 3.86. The van der Waals surface area contributed by atoms with Crippen LogP contribution in [0.15, 0.2) is 48.8 Å². The van der Waals surface area contributed by atoms with Crippen LogP contribution < -0.4 is 0 Å². The second-order valence-electron chi connectivity index (χ2n) is 6.55. The van der Waals surface area contributed by atoms with Crippen LogP contribution in [0.3, 0.4) is 0 Å². The summed E-state index contributed by atoms with van der Waals surface area (Å²) < 4.78 is 2.54. The Balaban J connectivity index is 1.77. The summed E-state index contributed by atoms with van der Waals surface area (Å²) in [5, 5.41) is 1.42. The Hall–Kier alpha value is -2.13. The normalized spacial score (nSPS) is 18.3. The fraction of sp³-hybridized carbons (Fsp3) is 0.350. The molecule has 1 unspecified atom stereocenters. The minimum absolute atomic E-state index is 0.489. The molecule has 0 spiro atoms. The second kappa shape index (κ2) is 5.82. The van der Waals surface area contributed by atoms with Crippen LogP contribution in [0.4, 0.5) is 0 Å². The predicted molar refractivity (Wildman–Crippen MR) is 94.6 cm³/mol. The molecule has 4 rings (SSSR count). The Morgan fingerprint density at radius 2 is 2.04 bits per heavy atom. The fourth-order valence-electron chi connectivity index (χ4n) is 3.86. The maximum Gasteiger partial charge on any atom is 0.0486 e. The van der Waals surface area contributed by atoms with E-state index in [9.17, 15) is 0 Å². The van der Waals surface area contributed by atoms with Gasteiger partial charge in [0.25, 0.3) is 0 Å². The maximum absolute atomic E-state index is 4.24. The molecule has 3 heterocycles. The third-order valence-corrected chi connectivity index (χ3v) is 5.25. The third-order valence-electron chi connectivity index (χ3n) is 5.25. The Labute approximate surface area is 137 Å². The van der Waals surface area contributed by atoms with Gasteiger partial charge in [0.15, 0.2) is 0 Å². The van der Waals surface area contributed by atoms with Crippen LogP contribution >= 0.6 is 0 Å². The van der Waals surface area contributed by atoms with Gasteiger partial charge in [0, 0.05) is 54.5 Å². The van der Waals surface area contributed by atoms with Gasteiger partial charge < -0.3 is 4.57 Å². The lowest BCUT2D eigenvalue weighted by atomic mass is 9.97. The van der Waals surface area contributed by atoms with Crippen LogP contribution in [-0.2, 0) is 19.4 Å². The van der Waals surface area contributed by atoms with Crippen molar-refractivity contribution in [3.05, 3.63) is 65.6 Å². The monoisotopic (exact) mass is 305 g/mol. The molecule has 2 aromatic heterocycles. The molecular formula is C20H23N3. The molecule has 3 heteroatoms. The smallest absolute Gasteiger partial charge is 0.0486 e. The summed E-state index contributed by atoms with van der Waals surface area (Å²) in [7, 11) is 2.23. The van der Waals surface area contributed by atoms with E-state index in [1.54, 1.807) is 0 Å². The Morgan fingerprint density at radius 3 is 2.87 bits per heavy atom. The number of hydrogen-bond donors (Lipinski definition) is 0. The molecule has 0 radical (unpaired) electrons. The highest BCUT2D eigenvalue weighted by molar-refractivity contribution is 5.86. The number of pyridine rings is 1. The largest absolute Gasteiger partial charge is 0.344 e. The Bertz CT molecular complexity index is 820. The summed E-state index contributed by atoms with van der Waals surface area (Å²) in [5.74, 6) is 0. The van der Waals surface area contributed by atoms with Gasteiger partial charge in [0.1, 0.15) is 0 Å². The van der Waals surface area contributed by atoms with Gasteiger partial charge in [-0.3, -0.25) is 9.88 Å². The van der Waals surface area contributed by atoms with Crippen molar-refractivity contribution in [2.75, 3.05) is 13.6 Å². The molecule has 1 aliphatic heterocycles. The topological polar surface area (TPSA) is 21.1 Å². The molecule has 3 nitrogen and oxygen atoms in total. The number of fused-ring (bicyclic) bond motifs is 3. The summed E-state index contributed by atoms with van der Waals surface area (Å²) >= 11 is 0. The van der Waals surface area contributed by atoms with E-state index in [-0.39, 0.29) is 0 Å². The zero-order valence-electron chi connectivity index (χ0n) is 13.9. The summed E-state index contributed by atoms with van der Waals surface area (Å²) in [5.41, 5.74) is 5.74. The number of likely N-dealkylation sites (N-methyl/N-ethyl adjacent to an activating group) is 1. The Morgan fingerprint density at radius 1 is 1.17 bits per heavy atom. The quantitative estimate of drug-likeness (QED) is 0.733. The first-order valence-corrected chi connectivity index (χ1v) is 8.45. The maximum atomic E-state index is 4.24.